The van der Waals surface area contributed by atoms with Crippen molar-refractivity contribution in [3.8, 4) is 44.9 Å². The number of piperazine rings is 3. The van der Waals surface area contributed by atoms with Crippen LogP contribution < -0.4 is 52.5 Å². The van der Waals surface area contributed by atoms with Gasteiger partial charge in [-0.3, -0.25) is 36.8 Å². The van der Waals surface area contributed by atoms with Crippen LogP contribution in [0.5, 0.6) is 0 Å². The molecule has 0 bridgehead atoms. The Bertz CT molecular complexity index is 6780. The molecule has 5 aliphatic rings. The maximum Gasteiger partial charge on any atom is 0.259 e. The van der Waals surface area contributed by atoms with Crippen LogP contribution in [0.15, 0.2) is 195 Å². The first-order chi connectivity index (χ1) is 56.1. The fraction of sp³-hybridized carbons (Fsp3) is 0.294. The van der Waals surface area contributed by atoms with Gasteiger partial charge in [0.05, 0.1) is 51.2 Å². The molecule has 0 aliphatic carbocycles. The minimum absolute atomic E-state index is 0.0789. The van der Waals surface area contributed by atoms with Gasteiger partial charge in [0.15, 0.2) is 45.9 Å². The number of likely N-dealkylation sites (N-methyl/N-ethyl adjacent to an activating group) is 1. The number of aromatic nitrogens is 15. The second kappa shape index (κ2) is 30.4. The van der Waals surface area contributed by atoms with Crippen molar-refractivity contribution in [3.63, 3.8) is 0 Å². The van der Waals surface area contributed by atoms with Gasteiger partial charge in [-0.1, -0.05) is 6.07 Å². The maximum absolute atomic E-state index is 14.4. The number of hydrogen-bond donors (Lipinski definition) is 2. The van der Waals surface area contributed by atoms with Crippen LogP contribution in [0.25, 0.3) is 95.5 Å². The highest BCUT2D eigenvalue weighted by Gasteiger charge is 2.39. The SMILES string of the molecule is Cc1cn2cc(-c3cc(=O)n4cc(N5CCN(C)CC5)ccc4n3)cc(F)c2n1.Cc1cn2cc(-c3cc(=O)n4cc(N5CCN[C@H](C)C5)ccc4n3)cc(F)c2n1.Cc1cn2cc(-c3ccc4nc(N5CCNCC5)cc(=O)n4c3)cc(F)c2n1.Cc1nc2ccc(-c3cc(=O)n4cc(N5C[C@H]6CN(C)C[C@H]6C5)ccc4n3)cc2o1. The van der Waals surface area contributed by atoms with Gasteiger partial charge in [-0.05, 0) is 132 Å². The van der Waals surface area contributed by atoms with E-state index in [1.54, 1.807) is 81.8 Å². The van der Waals surface area contributed by atoms with Gasteiger partial charge in [-0.15, -0.1) is 0 Å². The average molecular weight is 1560 g/mol. The van der Waals surface area contributed by atoms with E-state index in [1.807, 2.05) is 107 Å². The lowest BCUT2D eigenvalue weighted by molar-refractivity contribution is 0.313. The molecule has 16 aromatic rings. The summed E-state index contributed by atoms with van der Waals surface area (Å²) in [7, 11) is 4.31. The summed E-state index contributed by atoms with van der Waals surface area (Å²) in [6.45, 7) is 23.8. The molecule has 5 fully saturated rings. The molecule has 20 heterocycles. The number of aryl methyl sites for hydroxylation is 4. The lowest BCUT2D eigenvalue weighted by Crippen LogP contribution is -2.49. The summed E-state index contributed by atoms with van der Waals surface area (Å²) in [6.07, 6.45) is 17.9. The number of nitrogens with zero attached hydrogens (tertiary/aromatic N) is 21. The highest BCUT2D eigenvalue weighted by molar-refractivity contribution is 5.80. The molecule has 116 heavy (non-hydrogen) atoms. The van der Waals surface area contributed by atoms with Gasteiger partial charge in [-0.25, -0.2) is 53.0 Å². The fourth-order valence-electron chi connectivity index (χ4n) is 16.4. The van der Waals surface area contributed by atoms with Crippen molar-refractivity contribution in [2.45, 2.75) is 40.7 Å². The Labute approximate surface area is 661 Å². The monoisotopic (exact) mass is 1560 g/mol. The summed E-state index contributed by atoms with van der Waals surface area (Å²) in [6, 6.07) is 31.7. The van der Waals surface area contributed by atoms with Crippen LogP contribution in [0, 0.1) is 57.0 Å². The van der Waals surface area contributed by atoms with Crippen molar-refractivity contribution >= 4 is 73.5 Å². The maximum atomic E-state index is 14.4. The lowest BCUT2D eigenvalue weighted by Gasteiger charge is -2.34. The largest absolute Gasteiger partial charge is 0.441 e. The smallest absolute Gasteiger partial charge is 0.259 e. The molecule has 0 radical (unpaired) electrons. The Kier molecular flexibility index (Phi) is 19.5. The number of benzene rings is 1. The molecule has 15 aromatic heterocycles. The Balaban J connectivity index is 0.000000107. The second-order valence-corrected chi connectivity index (χ2v) is 30.8. The van der Waals surface area contributed by atoms with Gasteiger partial charge in [0.25, 0.3) is 22.2 Å². The van der Waals surface area contributed by atoms with E-state index in [-0.39, 0.29) is 33.5 Å². The summed E-state index contributed by atoms with van der Waals surface area (Å²) in [4.78, 5) is 100. The average Bonchev–Trinajstić information content (AvgIpc) is 0.834. The lowest BCUT2D eigenvalue weighted by atomic mass is 10.0. The molecular weight excluding hydrogens is 1480 g/mol. The summed E-state index contributed by atoms with van der Waals surface area (Å²) in [5, 5.41) is 6.71. The molecule has 0 spiro atoms. The van der Waals surface area contributed by atoms with Gasteiger partial charge >= 0.3 is 0 Å². The van der Waals surface area contributed by atoms with Crippen LogP contribution in [-0.2, 0) is 0 Å². The number of fused-ring (bicyclic) bond motifs is 9. The molecular formula is C85H84F3N23O5. The van der Waals surface area contributed by atoms with Crippen molar-refractivity contribution < 1.29 is 17.6 Å². The molecule has 21 rings (SSSR count). The highest BCUT2D eigenvalue weighted by atomic mass is 19.1. The molecule has 31 heteroatoms. The predicted octanol–water partition coefficient (Wildman–Crippen LogP) is 9.14. The number of imidazole rings is 3. The number of nitrogens with one attached hydrogen (secondary N) is 2. The number of hydrogen-bond acceptors (Lipinski definition) is 21. The van der Waals surface area contributed by atoms with Crippen molar-refractivity contribution in [1.29, 1.82) is 0 Å². The molecule has 0 unspecified atom stereocenters. The zero-order valence-electron chi connectivity index (χ0n) is 65.1. The molecule has 0 amide bonds. The normalized spacial score (nSPS) is 17.4. The van der Waals surface area contributed by atoms with Crippen LogP contribution in [0.2, 0.25) is 0 Å². The van der Waals surface area contributed by atoms with Gasteiger partial charge in [0, 0.05) is 225 Å². The molecule has 2 N–H and O–H groups in total. The van der Waals surface area contributed by atoms with Gasteiger partial charge in [-0.2, -0.15) is 0 Å². The summed E-state index contributed by atoms with van der Waals surface area (Å²) in [5.41, 5.74) is 14.1. The van der Waals surface area contributed by atoms with Crippen molar-refractivity contribution in [2.24, 2.45) is 11.8 Å². The fourth-order valence-corrected chi connectivity index (χ4v) is 16.4. The first-order valence-electron chi connectivity index (χ1n) is 38.9. The molecule has 3 atom stereocenters. The van der Waals surface area contributed by atoms with E-state index in [0.29, 0.717) is 85.3 Å². The highest BCUT2D eigenvalue weighted by Crippen LogP contribution is 2.35. The third-order valence-electron chi connectivity index (χ3n) is 22.3. The zero-order chi connectivity index (χ0) is 79.9. The van der Waals surface area contributed by atoms with Gasteiger partial charge in [0.2, 0.25) is 0 Å². The molecule has 590 valence electrons. The van der Waals surface area contributed by atoms with E-state index < -0.39 is 17.5 Å². The quantitative estimate of drug-likeness (QED) is 0.144. The molecule has 5 saturated heterocycles. The summed E-state index contributed by atoms with van der Waals surface area (Å²) in [5.74, 6) is 1.48. The number of oxazole rings is 1. The molecule has 0 saturated carbocycles. The summed E-state index contributed by atoms with van der Waals surface area (Å²) >= 11 is 0. The topological polar surface area (TPSA) is 259 Å². The Morgan fingerprint density at radius 3 is 1.36 bits per heavy atom. The molecule has 28 nitrogen and oxygen atoms in total. The standard InChI is InChI=1S/C23H23N5O2.2C21H21FN6O.C20H19FN6O/c1-14-24-19-5-3-15(7-21(19)30-14)20-8-23(29)28-13-18(4-6-22(28)25-20)27-11-16-9-26(2)10-17(16)12-27;1-14-11-27-12-15(9-17(22)21(27)23-14)18-10-20(29)28-13-16(3-4-19(28)24-18)26-7-5-25(2)6-8-26;1-13-9-26(6-5-23-13)16-3-4-19-25-18(8-20(29)28(19)12-16)15-7-17(22)21-24-14(2)10-27(21)11-15;1-13-10-26-11-15(8-16(21)20(26)23-13)14-2-3-17-24-18(9-19(28)27(17)12-14)25-6-4-22-5-7-25/h3-8,13,16-17H,9-12H2,1-2H3;3-4,9-13H,5-8H2,1-2H3;3-4,7-8,10-13,23H,5-6,9H2,1-2H3;2-3,8-12,22H,4-7H2,1H3/t16-,17+;;13-;/m..1./s1. The molecule has 1 aromatic carbocycles. The van der Waals surface area contributed by atoms with Crippen LogP contribution in [0.1, 0.15) is 29.9 Å². The van der Waals surface area contributed by atoms with E-state index in [1.165, 1.54) is 34.7 Å². The number of rotatable bonds is 8. The minimum atomic E-state index is -0.444. The summed E-state index contributed by atoms with van der Waals surface area (Å²) < 4.78 is 60.1. The van der Waals surface area contributed by atoms with E-state index in [2.05, 4.69) is 102 Å². The van der Waals surface area contributed by atoms with Crippen LogP contribution in [-0.4, -0.2) is 199 Å². The number of halogens is 3. The molecule has 5 aliphatic heterocycles. The van der Waals surface area contributed by atoms with Gasteiger partial charge < -0.3 is 57.7 Å². The first kappa shape index (κ1) is 74.4. The van der Waals surface area contributed by atoms with Crippen molar-refractivity contribution in [2.75, 3.05) is 132 Å². The first-order valence-corrected chi connectivity index (χ1v) is 38.9. The van der Waals surface area contributed by atoms with Crippen LogP contribution in [0.4, 0.5) is 36.1 Å². The number of pyridine rings is 7. The van der Waals surface area contributed by atoms with E-state index in [9.17, 15) is 32.3 Å². The minimum Gasteiger partial charge on any atom is -0.441 e. The third-order valence-corrected chi connectivity index (χ3v) is 22.3. The van der Waals surface area contributed by atoms with Gasteiger partial charge in [0.1, 0.15) is 33.9 Å². The van der Waals surface area contributed by atoms with E-state index in [4.69, 9.17) is 9.40 Å². The van der Waals surface area contributed by atoms with Crippen molar-refractivity contribution in [3.05, 3.63) is 253 Å². The zero-order valence-corrected chi connectivity index (χ0v) is 65.1. The second-order valence-electron chi connectivity index (χ2n) is 30.8. The van der Waals surface area contributed by atoms with Crippen LogP contribution >= 0.6 is 0 Å². The number of anilines is 4. The Morgan fingerprint density at radius 1 is 0.379 bits per heavy atom. The van der Waals surface area contributed by atoms with E-state index >= 15 is 0 Å². The van der Waals surface area contributed by atoms with E-state index in [0.717, 1.165) is 161 Å². The van der Waals surface area contributed by atoms with Crippen LogP contribution in [0.3, 0.4) is 0 Å². The number of likely N-dealkylation sites (tertiary alicyclic amines) is 1. The Hall–Kier alpha value is -13.0. The third kappa shape index (κ3) is 15.0. The van der Waals surface area contributed by atoms with Crippen molar-refractivity contribution in [1.82, 2.24) is 91.1 Å². The predicted molar refractivity (Wildman–Crippen MR) is 441 cm³/mol. The Morgan fingerprint density at radius 2 is 0.828 bits per heavy atom.